The fraction of sp³-hybridized carbons (Fsp3) is 0.125. The lowest BCUT2D eigenvalue weighted by Gasteiger charge is -2.06. The van der Waals surface area contributed by atoms with Crippen molar-refractivity contribution >= 4 is 23.1 Å². The Morgan fingerprint density at radius 1 is 1.12 bits per heavy atom. The Balaban J connectivity index is 2.00. The second kappa shape index (κ2) is 6.00. The Labute approximate surface area is 139 Å². The summed E-state index contributed by atoms with van der Waals surface area (Å²) in [6.45, 7) is 1.61. The lowest BCUT2D eigenvalue weighted by Crippen LogP contribution is -2.06. The maximum absolute atomic E-state index is 12.9. The average molecular weight is 348 g/mol. The van der Waals surface area contributed by atoms with E-state index >= 15 is 0 Å². The number of fused-ring (bicyclic) bond motifs is 1. The van der Waals surface area contributed by atoms with Gasteiger partial charge in [-0.3, -0.25) is 4.40 Å². The van der Waals surface area contributed by atoms with Crippen molar-refractivity contribution in [2.45, 2.75) is 13.1 Å². The van der Waals surface area contributed by atoms with Crippen LogP contribution in [-0.2, 0) is 6.18 Å². The van der Waals surface area contributed by atoms with Crippen LogP contribution in [0.15, 0.2) is 52.8 Å². The Morgan fingerprint density at radius 3 is 2.40 bits per heavy atom. The Hall–Kier alpha value is -3.23. The molecule has 0 aliphatic carbocycles. The molecule has 0 fully saturated rings. The van der Waals surface area contributed by atoms with Gasteiger partial charge in [0.05, 0.1) is 22.5 Å². The van der Waals surface area contributed by atoms with Gasteiger partial charge in [0.1, 0.15) is 5.65 Å². The fourth-order valence-electron chi connectivity index (χ4n) is 2.21. The Kier molecular flexibility index (Phi) is 3.99. The van der Waals surface area contributed by atoms with Crippen LogP contribution in [0.4, 0.5) is 24.7 Å². The number of carboxylic acid groups (broad SMARTS) is 1. The molecule has 3 rings (SSSR count). The number of aromatic carboxylic acids is 1. The van der Waals surface area contributed by atoms with Gasteiger partial charge in [-0.2, -0.15) is 13.2 Å². The molecule has 0 amide bonds. The zero-order valence-corrected chi connectivity index (χ0v) is 12.8. The number of azo groups is 1. The van der Waals surface area contributed by atoms with E-state index in [1.807, 2.05) is 0 Å². The third-order valence-electron chi connectivity index (χ3n) is 3.46. The second-order valence-electron chi connectivity index (χ2n) is 5.22. The van der Waals surface area contributed by atoms with Crippen molar-refractivity contribution in [2.24, 2.45) is 10.2 Å². The van der Waals surface area contributed by atoms with Crippen LogP contribution in [-0.4, -0.2) is 20.5 Å². The van der Waals surface area contributed by atoms with Gasteiger partial charge in [-0.1, -0.05) is 0 Å². The second-order valence-corrected chi connectivity index (χ2v) is 5.22. The molecule has 128 valence electrons. The van der Waals surface area contributed by atoms with E-state index < -0.39 is 17.7 Å². The number of aromatic nitrogens is 2. The van der Waals surface area contributed by atoms with Gasteiger partial charge in [-0.05, 0) is 43.3 Å². The van der Waals surface area contributed by atoms with Crippen LogP contribution in [0.5, 0.6) is 0 Å². The molecule has 0 bridgehead atoms. The average Bonchev–Trinajstić information content (AvgIpc) is 2.87. The van der Waals surface area contributed by atoms with Crippen molar-refractivity contribution in [1.82, 2.24) is 9.38 Å². The predicted octanol–water partition coefficient (Wildman–Crippen LogP) is 4.78. The number of aryl methyl sites for hydroxylation is 1. The molecule has 0 aliphatic rings. The van der Waals surface area contributed by atoms with Gasteiger partial charge in [0.15, 0.2) is 5.82 Å². The monoisotopic (exact) mass is 348 g/mol. The first kappa shape index (κ1) is 16.6. The topological polar surface area (TPSA) is 79.3 Å². The van der Waals surface area contributed by atoms with E-state index in [9.17, 15) is 18.0 Å². The maximum Gasteiger partial charge on any atom is 0.417 e. The molecule has 2 aromatic heterocycles. The molecule has 0 radical (unpaired) electrons. The van der Waals surface area contributed by atoms with Crippen molar-refractivity contribution < 1.29 is 23.1 Å². The quantitative estimate of drug-likeness (QED) is 0.692. The van der Waals surface area contributed by atoms with E-state index in [-0.39, 0.29) is 11.4 Å². The first-order chi connectivity index (χ1) is 11.8. The lowest BCUT2D eigenvalue weighted by molar-refractivity contribution is -0.137. The third kappa shape index (κ3) is 3.35. The molecule has 2 heterocycles. The SMILES string of the molecule is Cc1nc2ccc(C(F)(F)F)cn2c1N=Nc1ccc(C(=O)O)cc1. The van der Waals surface area contributed by atoms with Crippen LogP contribution in [0.2, 0.25) is 0 Å². The van der Waals surface area contributed by atoms with Crippen LogP contribution >= 0.6 is 0 Å². The first-order valence-corrected chi connectivity index (χ1v) is 7.07. The summed E-state index contributed by atoms with van der Waals surface area (Å²) in [5, 5.41) is 16.8. The summed E-state index contributed by atoms with van der Waals surface area (Å²) >= 11 is 0. The smallest absolute Gasteiger partial charge is 0.417 e. The van der Waals surface area contributed by atoms with E-state index in [1.54, 1.807) is 6.92 Å². The zero-order valence-electron chi connectivity index (χ0n) is 12.8. The highest BCUT2D eigenvalue weighted by Crippen LogP contribution is 2.31. The molecule has 0 aliphatic heterocycles. The molecule has 3 aromatic rings. The normalized spacial score (nSPS) is 12.2. The number of benzene rings is 1. The van der Waals surface area contributed by atoms with Gasteiger partial charge in [0, 0.05) is 6.20 Å². The molecule has 6 nitrogen and oxygen atoms in total. The molecule has 0 spiro atoms. The fourth-order valence-corrected chi connectivity index (χ4v) is 2.21. The molecule has 0 saturated heterocycles. The van der Waals surface area contributed by atoms with Crippen LogP contribution < -0.4 is 0 Å². The van der Waals surface area contributed by atoms with E-state index in [4.69, 9.17) is 5.11 Å². The van der Waals surface area contributed by atoms with Gasteiger partial charge in [-0.25, -0.2) is 9.78 Å². The summed E-state index contributed by atoms with van der Waals surface area (Å²) in [6.07, 6.45) is -3.56. The minimum Gasteiger partial charge on any atom is -0.478 e. The summed E-state index contributed by atoms with van der Waals surface area (Å²) < 4.78 is 39.8. The number of rotatable bonds is 3. The van der Waals surface area contributed by atoms with Gasteiger partial charge in [0.25, 0.3) is 0 Å². The summed E-state index contributed by atoms with van der Waals surface area (Å²) in [5.74, 6) is -0.899. The number of nitrogens with zero attached hydrogens (tertiary/aromatic N) is 4. The highest BCUT2D eigenvalue weighted by atomic mass is 19.4. The van der Waals surface area contributed by atoms with E-state index in [2.05, 4.69) is 15.2 Å². The van der Waals surface area contributed by atoms with Gasteiger partial charge in [0.2, 0.25) is 0 Å². The molecular weight excluding hydrogens is 337 g/mol. The summed E-state index contributed by atoms with van der Waals surface area (Å²) in [4.78, 5) is 15.0. The minimum atomic E-state index is -4.48. The van der Waals surface area contributed by atoms with E-state index in [0.717, 1.165) is 12.3 Å². The van der Waals surface area contributed by atoms with Gasteiger partial charge < -0.3 is 5.11 Å². The minimum absolute atomic E-state index is 0.0970. The third-order valence-corrected chi connectivity index (χ3v) is 3.46. The van der Waals surface area contributed by atoms with Crippen molar-refractivity contribution in [3.05, 3.63) is 59.4 Å². The summed E-state index contributed by atoms with van der Waals surface area (Å²) in [5.41, 5.74) is 0.386. The molecule has 9 heteroatoms. The molecular formula is C16H11F3N4O2. The number of carbonyl (C=O) groups is 1. The molecule has 0 saturated carbocycles. The lowest BCUT2D eigenvalue weighted by atomic mass is 10.2. The van der Waals surface area contributed by atoms with Gasteiger partial charge >= 0.3 is 12.1 Å². The molecule has 0 unspecified atom stereocenters. The number of hydrogen-bond donors (Lipinski definition) is 1. The summed E-state index contributed by atoms with van der Waals surface area (Å²) in [7, 11) is 0. The number of imidazole rings is 1. The van der Waals surface area contributed by atoms with Crippen LogP contribution in [0.3, 0.4) is 0 Å². The van der Waals surface area contributed by atoms with E-state index in [0.29, 0.717) is 17.0 Å². The molecule has 1 N–H and O–H groups in total. The number of hydrogen-bond acceptors (Lipinski definition) is 4. The van der Waals surface area contributed by atoms with E-state index in [1.165, 1.54) is 34.7 Å². The number of alkyl halides is 3. The van der Waals surface area contributed by atoms with Crippen molar-refractivity contribution in [3.8, 4) is 0 Å². The number of halogens is 3. The largest absolute Gasteiger partial charge is 0.478 e. The highest BCUT2D eigenvalue weighted by Gasteiger charge is 2.31. The van der Waals surface area contributed by atoms with Gasteiger partial charge in [-0.15, -0.1) is 10.2 Å². The van der Waals surface area contributed by atoms with Crippen molar-refractivity contribution in [3.63, 3.8) is 0 Å². The number of pyridine rings is 1. The van der Waals surface area contributed by atoms with Crippen molar-refractivity contribution in [2.75, 3.05) is 0 Å². The molecule has 0 atom stereocenters. The Bertz CT molecular complexity index is 975. The summed E-state index contributed by atoms with van der Waals surface area (Å²) in [6, 6.07) is 7.84. The zero-order chi connectivity index (χ0) is 18.2. The highest BCUT2D eigenvalue weighted by molar-refractivity contribution is 5.87. The Morgan fingerprint density at radius 2 is 1.80 bits per heavy atom. The van der Waals surface area contributed by atoms with Crippen molar-refractivity contribution in [1.29, 1.82) is 0 Å². The maximum atomic E-state index is 12.9. The van der Waals surface area contributed by atoms with Crippen LogP contribution in [0, 0.1) is 6.92 Å². The van der Waals surface area contributed by atoms with Crippen LogP contribution in [0.1, 0.15) is 21.6 Å². The standard InChI is InChI=1S/C16H11F3N4O2/c1-9-14(22-21-12-5-2-10(3-6-12)15(24)25)23-8-11(16(17,18)19)4-7-13(23)20-9/h2-8H,1H3,(H,24,25). The first-order valence-electron chi connectivity index (χ1n) is 7.07. The number of carboxylic acids is 1. The molecule has 25 heavy (non-hydrogen) atoms. The van der Waals surface area contributed by atoms with Crippen LogP contribution in [0.25, 0.3) is 5.65 Å². The predicted molar refractivity (Wildman–Crippen MR) is 82.5 cm³/mol. The molecule has 1 aromatic carbocycles.